The summed E-state index contributed by atoms with van der Waals surface area (Å²) in [5.41, 5.74) is 1.42. The minimum atomic E-state index is -0.401. The molecule has 26 heavy (non-hydrogen) atoms. The topological polar surface area (TPSA) is 85.3 Å². The van der Waals surface area contributed by atoms with Gasteiger partial charge in [-0.3, -0.25) is 4.79 Å². The number of aromatic nitrogens is 2. The van der Waals surface area contributed by atoms with Gasteiger partial charge in [-0.25, -0.2) is 9.48 Å². The number of methoxy groups -OCH3 is 1. The molecule has 1 heterocycles. The van der Waals surface area contributed by atoms with Gasteiger partial charge in [0, 0.05) is 18.2 Å². The zero-order valence-electron chi connectivity index (χ0n) is 15.3. The second-order valence-electron chi connectivity index (χ2n) is 6.86. The van der Waals surface area contributed by atoms with Gasteiger partial charge in [0.15, 0.2) is 0 Å². The third-order valence-electron chi connectivity index (χ3n) is 4.16. The molecule has 3 rings (SSSR count). The molecule has 1 aliphatic carbocycles. The highest BCUT2D eigenvalue weighted by Gasteiger charge is 2.24. The minimum absolute atomic E-state index is 0.0217. The number of amides is 2. The van der Waals surface area contributed by atoms with Crippen molar-refractivity contribution >= 4 is 11.7 Å². The molecular weight excluding hydrogens is 332 g/mol. The molecule has 1 saturated carbocycles. The molecule has 0 bridgehead atoms. The van der Waals surface area contributed by atoms with Crippen LogP contribution in [0.5, 0.6) is 5.75 Å². The van der Waals surface area contributed by atoms with E-state index in [0.29, 0.717) is 18.2 Å². The smallest absolute Gasteiger partial charge is 0.319 e. The highest BCUT2D eigenvalue weighted by molar-refractivity contribution is 5.89. The summed E-state index contributed by atoms with van der Waals surface area (Å²) in [6, 6.07) is 8.63. The number of hydrogen-bond donors (Lipinski definition) is 2. The normalized spacial score (nSPS) is 13.5. The Labute approximate surface area is 152 Å². The number of ether oxygens (including phenoxy) is 1. The molecule has 7 heteroatoms. The van der Waals surface area contributed by atoms with Crippen molar-refractivity contribution in [1.82, 2.24) is 15.1 Å². The van der Waals surface area contributed by atoms with E-state index in [1.807, 2.05) is 38.1 Å². The highest BCUT2D eigenvalue weighted by atomic mass is 16.5. The lowest BCUT2D eigenvalue weighted by Gasteiger charge is -2.13. The Hall–Kier alpha value is -2.83. The molecule has 2 N–H and O–H groups in total. The van der Waals surface area contributed by atoms with Crippen LogP contribution in [0.15, 0.2) is 35.1 Å². The Bertz CT molecular complexity index is 839. The molecule has 1 aromatic carbocycles. The van der Waals surface area contributed by atoms with E-state index >= 15 is 0 Å². The Morgan fingerprint density at radius 1 is 1.31 bits per heavy atom. The Balaban J connectivity index is 1.95. The number of anilines is 1. The zero-order chi connectivity index (χ0) is 18.7. The summed E-state index contributed by atoms with van der Waals surface area (Å²) in [7, 11) is 1.61. The molecule has 1 aliphatic rings. The first kappa shape index (κ1) is 18.0. The summed E-state index contributed by atoms with van der Waals surface area (Å²) in [6.07, 6.45) is 2.22. The maximum atomic E-state index is 12.7. The average Bonchev–Trinajstić information content (AvgIpc) is 3.41. The van der Waals surface area contributed by atoms with E-state index < -0.39 is 6.03 Å². The number of carbonyl (C=O) groups is 1. The number of carbonyl (C=O) groups excluding carboxylic acids is 1. The fourth-order valence-corrected chi connectivity index (χ4v) is 2.62. The van der Waals surface area contributed by atoms with Gasteiger partial charge in [0.2, 0.25) is 0 Å². The van der Waals surface area contributed by atoms with Gasteiger partial charge >= 0.3 is 6.03 Å². The first-order chi connectivity index (χ1) is 12.5. The molecule has 2 aromatic rings. The number of urea groups is 1. The van der Waals surface area contributed by atoms with E-state index in [1.165, 1.54) is 4.68 Å². The fraction of sp³-hybridized carbons (Fsp3) is 0.421. The Morgan fingerprint density at radius 2 is 2.00 bits per heavy atom. The largest absolute Gasteiger partial charge is 0.497 e. The van der Waals surface area contributed by atoms with Gasteiger partial charge in [-0.15, -0.1) is 0 Å². The molecule has 0 atom stereocenters. The zero-order valence-corrected chi connectivity index (χ0v) is 15.3. The Kier molecular flexibility index (Phi) is 5.25. The van der Waals surface area contributed by atoms with Gasteiger partial charge in [-0.1, -0.05) is 0 Å². The van der Waals surface area contributed by atoms with Gasteiger partial charge < -0.3 is 15.4 Å². The molecule has 0 saturated heterocycles. The summed E-state index contributed by atoms with van der Waals surface area (Å²) in [4.78, 5) is 24.7. The van der Waals surface area contributed by atoms with Gasteiger partial charge in [-0.05, 0) is 62.9 Å². The highest BCUT2D eigenvalue weighted by Crippen LogP contribution is 2.30. The minimum Gasteiger partial charge on any atom is -0.497 e. The standard InChI is InChI=1S/C19H24N4O3/c1-12(2)20-19(25)21-17-10-16(14-6-8-15(26-3)9-7-14)22-23(18(17)24)11-13-4-5-13/h6-10,12-13H,4-5,11H2,1-3H3,(H2,20,21,25). The van der Waals surface area contributed by atoms with Crippen molar-refractivity contribution in [3.05, 3.63) is 40.7 Å². The quantitative estimate of drug-likeness (QED) is 0.833. The van der Waals surface area contributed by atoms with Crippen LogP contribution in [0.4, 0.5) is 10.5 Å². The first-order valence-corrected chi connectivity index (χ1v) is 8.80. The second kappa shape index (κ2) is 7.59. The van der Waals surface area contributed by atoms with Crippen molar-refractivity contribution in [2.75, 3.05) is 12.4 Å². The van der Waals surface area contributed by atoms with Crippen LogP contribution < -0.4 is 20.9 Å². The third-order valence-corrected chi connectivity index (χ3v) is 4.16. The van der Waals surface area contributed by atoms with E-state index in [0.717, 1.165) is 24.2 Å². The molecule has 0 aliphatic heterocycles. The van der Waals surface area contributed by atoms with Gasteiger partial charge in [0.1, 0.15) is 11.4 Å². The van der Waals surface area contributed by atoms with Crippen LogP contribution in [-0.4, -0.2) is 29.0 Å². The van der Waals surface area contributed by atoms with Crippen molar-refractivity contribution in [3.8, 4) is 17.0 Å². The number of nitrogens with zero attached hydrogens (tertiary/aromatic N) is 2. The van der Waals surface area contributed by atoms with Crippen LogP contribution in [-0.2, 0) is 6.54 Å². The molecule has 138 valence electrons. The SMILES string of the molecule is COc1ccc(-c2cc(NC(=O)NC(C)C)c(=O)n(CC3CC3)n2)cc1. The number of nitrogens with one attached hydrogen (secondary N) is 2. The molecule has 1 fully saturated rings. The van der Waals surface area contributed by atoms with Gasteiger partial charge in [-0.2, -0.15) is 5.10 Å². The van der Waals surface area contributed by atoms with E-state index in [1.54, 1.807) is 13.2 Å². The lowest BCUT2D eigenvalue weighted by molar-refractivity contribution is 0.250. The third kappa shape index (κ3) is 4.41. The summed E-state index contributed by atoms with van der Waals surface area (Å²) >= 11 is 0. The van der Waals surface area contributed by atoms with Crippen LogP contribution in [0.1, 0.15) is 26.7 Å². The summed E-state index contributed by atoms with van der Waals surface area (Å²) < 4.78 is 6.64. The van der Waals surface area contributed by atoms with Gasteiger partial charge in [0.05, 0.1) is 12.8 Å². The first-order valence-electron chi connectivity index (χ1n) is 8.80. The lowest BCUT2D eigenvalue weighted by atomic mass is 10.1. The van der Waals surface area contributed by atoms with Crippen LogP contribution in [0.25, 0.3) is 11.3 Å². The fourth-order valence-electron chi connectivity index (χ4n) is 2.62. The van der Waals surface area contributed by atoms with Crippen molar-refractivity contribution in [1.29, 1.82) is 0 Å². The van der Waals surface area contributed by atoms with E-state index in [2.05, 4.69) is 15.7 Å². The maximum absolute atomic E-state index is 12.7. The molecule has 2 amide bonds. The molecule has 0 spiro atoms. The van der Waals surface area contributed by atoms with Crippen LogP contribution in [0.2, 0.25) is 0 Å². The van der Waals surface area contributed by atoms with Crippen molar-refractivity contribution in [2.45, 2.75) is 39.3 Å². The lowest BCUT2D eigenvalue weighted by Crippen LogP contribution is -2.37. The van der Waals surface area contributed by atoms with E-state index in [-0.39, 0.29) is 17.3 Å². The predicted octanol–water partition coefficient (Wildman–Crippen LogP) is 2.86. The summed E-state index contributed by atoms with van der Waals surface area (Å²) in [5, 5.41) is 9.89. The van der Waals surface area contributed by atoms with Crippen molar-refractivity contribution in [2.24, 2.45) is 5.92 Å². The van der Waals surface area contributed by atoms with Crippen LogP contribution in [0.3, 0.4) is 0 Å². The molecule has 0 radical (unpaired) electrons. The van der Waals surface area contributed by atoms with E-state index in [9.17, 15) is 9.59 Å². The molecule has 1 aromatic heterocycles. The van der Waals surface area contributed by atoms with Crippen LogP contribution in [0, 0.1) is 5.92 Å². The van der Waals surface area contributed by atoms with E-state index in [4.69, 9.17) is 4.74 Å². The summed E-state index contributed by atoms with van der Waals surface area (Å²) in [6.45, 7) is 4.30. The number of rotatable bonds is 6. The van der Waals surface area contributed by atoms with Gasteiger partial charge in [0.25, 0.3) is 5.56 Å². The second-order valence-corrected chi connectivity index (χ2v) is 6.86. The maximum Gasteiger partial charge on any atom is 0.319 e. The van der Waals surface area contributed by atoms with Crippen molar-refractivity contribution in [3.63, 3.8) is 0 Å². The van der Waals surface area contributed by atoms with Crippen molar-refractivity contribution < 1.29 is 9.53 Å². The number of hydrogen-bond acceptors (Lipinski definition) is 4. The molecule has 7 nitrogen and oxygen atoms in total. The number of benzene rings is 1. The average molecular weight is 356 g/mol. The molecular formula is C19H24N4O3. The Morgan fingerprint density at radius 3 is 2.58 bits per heavy atom. The monoisotopic (exact) mass is 356 g/mol. The molecule has 0 unspecified atom stereocenters. The van der Waals surface area contributed by atoms with Crippen LogP contribution >= 0.6 is 0 Å². The predicted molar refractivity (Wildman–Crippen MR) is 100 cm³/mol. The summed E-state index contributed by atoms with van der Waals surface area (Å²) in [5.74, 6) is 1.23.